The van der Waals surface area contributed by atoms with Gasteiger partial charge in [-0.3, -0.25) is 0 Å². The van der Waals surface area contributed by atoms with E-state index in [-0.39, 0.29) is 6.61 Å². The van der Waals surface area contributed by atoms with Gasteiger partial charge in [0.05, 0.1) is 5.02 Å². The van der Waals surface area contributed by atoms with Gasteiger partial charge in [0.2, 0.25) is 5.89 Å². The second kappa shape index (κ2) is 6.20. The van der Waals surface area contributed by atoms with E-state index < -0.39 is 0 Å². The first-order valence-corrected chi connectivity index (χ1v) is 7.05. The van der Waals surface area contributed by atoms with E-state index in [1.807, 2.05) is 30.3 Å². The minimum atomic E-state index is 0.260. The molecule has 0 saturated heterocycles. The van der Waals surface area contributed by atoms with Crippen LogP contribution >= 0.6 is 23.2 Å². The second-order valence-electron chi connectivity index (χ2n) is 4.37. The van der Waals surface area contributed by atoms with Crippen LogP contribution < -0.4 is 4.74 Å². The van der Waals surface area contributed by atoms with Crippen LogP contribution in [0.4, 0.5) is 0 Å². The van der Waals surface area contributed by atoms with E-state index in [1.165, 1.54) is 0 Å². The van der Waals surface area contributed by atoms with E-state index in [1.54, 1.807) is 24.5 Å². The van der Waals surface area contributed by atoms with Crippen molar-refractivity contribution >= 4 is 23.2 Å². The third kappa shape index (κ3) is 3.38. The standard InChI is InChI=1S/C16H11Cl2NO2/c17-12-6-7-14(18)15(8-12)20-9-13-10-21-16(19-13)11-4-2-1-3-5-11/h1-8,10H,9H2. The quantitative estimate of drug-likeness (QED) is 0.660. The van der Waals surface area contributed by atoms with Crippen LogP contribution in [-0.2, 0) is 6.61 Å². The fourth-order valence-electron chi connectivity index (χ4n) is 1.83. The topological polar surface area (TPSA) is 35.3 Å². The number of hydrogen-bond donors (Lipinski definition) is 0. The van der Waals surface area contributed by atoms with Crippen LogP contribution in [0.5, 0.6) is 5.75 Å². The number of halogens is 2. The van der Waals surface area contributed by atoms with Gasteiger partial charge in [-0.2, -0.15) is 0 Å². The molecule has 1 heterocycles. The second-order valence-corrected chi connectivity index (χ2v) is 5.22. The Morgan fingerprint density at radius 1 is 1.05 bits per heavy atom. The fourth-order valence-corrected chi connectivity index (χ4v) is 2.16. The Morgan fingerprint density at radius 2 is 1.86 bits per heavy atom. The summed E-state index contributed by atoms with van der Waals surface area (Å²) in [4.78, 5) is 4.38. The van der Waals surface area contributed by atoms with Gasteiger partial charge < -0.3 is 9.15 Å². The van der Waals surface area contributed by atoms with Crippen LogP contribution in [0, 0.1) is 0 Å². The number of benzene rings is 2. The SMILES string of the molecule is Clc1ccc(Cl)c(OCc2coc(-c3ccccc3)n2)c1. The number of aromatic nitrogens is 1. The maximum absolute atomic E-state index is 6.04. The summed E-state index contributed by atoms with van der Waals surface area (Å²) in [5.74, 6) is 1.08. The maximum atomic E-state index is 6.04. The summed E-state index contributed by atoms with van der Waals surface area (Å²) in [7, 11) is 0. The van der Waals surface area contributed by atoms with Crippen molar-refractivity contribution in [3.63, 3.8) is 0 Å². The molecule has 0 bridgehead atoms. The van der Waals surface area contributed by atoms with E-state index in [4.69, 9.17) is 32.4 Å². The van der Waals surface area contributed by atoms with Crippen molar-refractivity contribution in [2.75, 3.05) is 0 Å². The summed E-state index contributed by atoms with van der Waals surface area (Å²) in [5.41, 5.74) is 1.61. The Bertz CT molecular complexity index is 741. The number of rotatable bonds is 4. The fraction of sp³-hybridized carbons (Fsp3) is 0.0625. The van der Waals surface area contributed by atoms with Crippen molar-refractivity contribution in [2.45, 2.75) is 6.61 Å². The van der Waals surface area contributed by atoms with Crippen LogP contribution in [0.25, 0.3) is 11.5 Å². The van der Waals surface area contributed by atoms with Crippen LogP contribution in [0.1, 0.15) is 5.69 Å². The number of oxazole rings is 1. The van der Waals surface area contributed by atoms with E-state index in [0.29, 0.717) is 27.4 Å². The molecule has 3 nitrogen and oxygen atoms in total. The number of nitrogens with zero attached hydrogens (tertiary/aromatic N) is 1. The Hall–Kier alpha value is -1.97. The third-order valence-corrected chi connectivity index (χ3v) is 3.39. The summed E-state index contributed by atoms with van der Waals surface area (Å²) in [6, 6.07) is 14.7. The van der Waals surface area contributed by atoms with Crippen molar-refractivity contribution in [1.29, 1.82) is 0 Å². The van der Waals surface area contributed by atoms with Gasteiger partial charge >= 0.3 is 0 Å². The molecular weight excluding hydrogens is 309 g/mol. The van der Waals surface area contributed by atoms with Crippen LogP contribution in [-0.4, -0.2) is 4.98 Å². The zero-order valence-electron chi connectivity index (χ0n) is 10.9. The molecule has 0 amide bonds. The van der Waals surface area contributed by atoms with Crippen molar-refractivity contribution in [2.24, 2.45) is 0 Å². The molecule has 0 unspecified atom stereocenters. The summed E-state index contributed by atoms with van der Waals surface area (Å²) in [5, 5.41) is 1.07. The zero-order valence-corrected chi connectivity index (χ0v) is 12.4. The van der Waals surface area contributed by atoms with Gasteiger partial charge in [-0.25, -0.2) is 4.98 Å². The van der Waals surface area contributed by atoms with Gasteiger partial charge in [-0.1, -0.05) is 41.4 Å². The molecule has 0 aliphatic carbocycles. The molecule has 0 N–H and O–H groups in total. The summed E-state index contributed by atoms with van der Waals surface area (Å²) >= 11 is 11.9. The first-order chi connectivity index (χ1) is 10.2. The molecule has 0 spiro atoms. The van der Waals surface area contributed by atoms with Gasteiger partial charge in [0.25, 0.3) is 0 Å². The van der Waals surface area contributed by atoms with E-state index in [2.05, 4.69) is 4.98 Å². The first kappa shape index (κ1) is 14.0. The van der Waals surface area contributed by atoms with Crippen molar-refractivity contribution in [3.05, 3.63) is 70.5 Å². The van der Waals surface area contributed by atoms with Crippen molar-refractivity contribution in [1.82, 2.24) is 4.98 Å². The Kier molecular flexibility index (Phi) is 4.13. The van der Waals surface area contributed by atoms with E-state index >= 15 is 0 Å². The Morgan fingerprint density at radius 3 is 2.67 bits per heavy atom. The molecule has 0 fully saturated rings. The largest absolute Gasteiger partial charge is 0.486 e. The van der Waals surface area contributed by atoms with Crippen LogP contribution in [0.2, 0.25) is 10.0 Å². The molecule has 3 aromatic rings. The molecule has 3 rings (SSSR count). The Balaban J connectivity index is 1.72. The van der Waals surface area contributed by atoms with Gasteiger partial charge in [0.1, 0.15) is 24.3 Å². The van der Waals surface area contributed by atoms with Gasteiger partial charge in [-0.15, -0.1) is 0 Å². The smallest absolute Gasteiger partial charge is 0.226 e. The van der Waals surface area contributed by atoms with Gasteiger partial charge in [-0.05, 0) is 24.3 Å². The van der Waals surface area contributed by atoms with E-state index in [9.17, 15) is 0 Å². The summed E-state index contributed by atoms with van der Waals surface area (Å²) in [6.45, 7) is 0.260. The average Bonchev–Trinajstić information content (AvgIpc) is 2.98. The minimum absolute atomic E-state index is 0.260. The monoisotopic (exact) mass is 319 g/mol. The van der Waals surface area contributed by atoms with Gasteiger partial charge in [0.15, 0.2) is 0 Å². The van der Waals surface area contributed by atoms with Crippen LogP contribution in [0.15, 0.2) is 59.2 Å². The summed E-state index contributed by atoms with van der Waals surface area (Å²) in [6.07, 6.45) is 1.57. The van der Waals surface area contributed by atoms with E-state index in [0.717, 1.165) is 5.56 Å². The first-order valence-electron chi connectivity index (χ1n) is 6.30. The molecule has 0 radical (unpaired) electrons. The van der Waals surface area contributed by atoms with Gasteiger partial charge in [0, 0.05) is 16.7 Å². The lowest BCUT2D eigenvalue weighted by Gasteiger charge is -2.06. The normalized spacial score (nSPS) is 10.6. The molecular formula is C16H11Cl2NO2. The highest BCUT2D eigenvalue weighted by Gasteiger charge is 2.08. The predicted molar refractivity (Wildman–Crippen MR) is 82.7 cm³/mol. The maximum Gasteiger partial charge on any atom is 0.226 e. The molecule has 1 aromatic heterocycles. The third-order valence-electron chi connectivity index (χ3n) is 2.84. The number of hydrogen-bond acceptors (Lipinski definition) is 3. The van der Waals surface area contributed by atoms with Crippen LogP contribution in [0.3, 0.4) is 0 Å². The minimum Gasteiger partial charge on any atom is -0.486 e. The molecule has 0 aliphatic rings. The molecule has 0 aliphatic heterocycles. The lowest BCUT2D eigenvalue weighted by Crippen LogP contribution is -1.96. The van der Waals surface area contributed by atoms with Crippen molar-refractivity contribution in [3.8, 4) is 17.2 Å². The highest BCUT2D eigenvalue weighted by molar-refractivity contribution is 6.34. The highest BCUT2D eigenvalue weighted by atomic mass is 35.5. The lowest BCUT2D eigenvalue weighted by atomic mass is 10.2. The predicted octanol–water partition coefficient (Wildman–Crippen LogP) is 5.23. The molecule has 0 atom stereocenters. The lowest BCUT2D eigenvalue weighted by molar-refractivity contribution is 0.301. The Labute approximate surface area is 132 Å². The molecule has 21 heavy (non-hydrogen) atoms. The molecule has 2 aromatic carbocycles. The summed E-state index contributed by atoms with van der Waals surface area (Å²) < 4.78 is 11.1. The molecule has 0 saturated carbocycles. The van der Waals surface area contributed by atoms with Crippen molar-refractivity contribution < 1.29 is 9.15 Å². The zero-order chi connectivity index (χ0) is 14.7. The molecule has 106 valence electrons. The highest BCUT2D eigenvalue weighted by Crippen LogP contribution is 2.28. The number of ether oxygens (including phenoxy) is 1. The molecule has 5 heteroatoms. The average molecular weight is 320 g/mol.